The van der Waals surface area contributed by atoms with Crippen molar-refractivity contribution >= 4 is 41.2 Å². The minimum atomic E-state index is -0.943. The summed E-state index contributed by atoms with van der Waals surface area (Å²) in [4.78, 5) is 50.8. The zero-order valence-corrected chi connectivity index (χ0v) is 18.6. The third-order valence-electron chi connectivity index (χ3n) is 5.07. The number of hydrogen-bond acceptors (Lipinski definition) is 5. The largest absolute Gasteiger partial charge is 0.483 e. The molecule has 0 aliphatic carbocycles. The Morgan fingerprint density at radius 2 is 1.77 bits per heavy atom. The van der Waals surface area contributed by atoms with Crippen molar-refractivity contribution in [1.29, 1.82) is 0 Å². The zero-order valence-electron chi connectivity index (χ0n) is 18.6. The Morgan fingerprint density at radius 3 is 2.51 bits per heavy atom. The number of carbonyl (C=O) groups excluding carboxylic acids is 4. The van der Waals surface area contributed by atoms with Crippen LogP contribution in [0, 0.1) is 12.7 Å². The molecule has 0 radical (unpaired) electrons. The smallest absolute Gasteiger partial charge is 0.335 e. The molecule has 0 aromatic heterocycles. The molecule has 176 valence electrons. The van der Waals surface area contributed by atoms with Crippen molar-refractivity contribution in [1.82, 2.24) is 5.32 Å². The molecule has 9 heteroatoms. The molecular formula is C26H20FN3O5. The number of barbiturate groups is 1. The first-order valence-electron chi connectivity index (χ1n) is 10.6. The Morgan fingerprint density at radius 1 is 1.03 bits per heavy atom. The average Bonchev–Trinajstić information content (AvgIpc) is 2.82. The minimum Gasteiger partial charge on any atom is -0.483 e. The summed E-state index contributed by atoms with van der Waals surface area (Å²) < 4.78 is 18.9. The molecule has 0 atom stereocenters. The fourth-order valence-electron chi connectivity index (χ4n) is 3.43. The highest BCUT2D eigenvalue weighted by Gasteiger charge is 2.37. The van der Waals surface area contributed by atoms with Crippen LogP contribution in [-0.2, 0) is 14.4 Å². The summed E-state index contributed by atoms with van der Waals surface area (Å²) >= 11 is 0. The first-order valence-corrected chi connectivity index (χ1v) is 10.6. The number of carbonyl (C=O) groups is 4. The van der Waals surface area contributed by atoms with E-state index in [0.29, 0.717) is 11.3 Å². The van der Waals surface area contributed by atoms with E-state index in [-0.39, 0.29) is 23.6 Å². The second-order valence-corrected chi connectivity index (χ2v) is 7.68. The number of hydrogen-bond donors (Lipinski definition) is 2. The van der Waals surface area contributed by atoms with Gasteiger partial charge in [-0.1, -0.05) is 30.3 Å². The molecule has 1 heterocycles. The summed E-state index contributed by atoms with van der Waals surface area (Å²) in [5.74, 6) is -2.44. The van der Waals surface area contributed by atoms with E-state index in [1.807, 2.05) is 25.1 Å². The van der Waals surface area contributed by atoms with Crippen molar-refractivity contribution in [2.45, 2.75) is 6.92 Å². The van der Waals surface area contributed by atoms with Gasteiger partial charge < -0.3 is 10.1 Å². The molecule has 5 amide bonds. The zero-order chi connectivity index (χ0) is 24.9. The number of aryl methyl sites for hydroxylation is 1. The van der Waals surface area contributed by atoms with E-state index in [2.05, 4.69) is 10.6 Å². The van der Waals surface area contributed by atoms with Crippen LogP contribution in [0.25, 0.3) is 6.08 Å². The van der Waals surface area contributed by atoms with Crippen LogP contribution in [0.3, 0.4) is 0 Å². The van der Waals surface area contributed by atoms with Crippen LogP contribution in [0.15, 0.2) is 78.4 Å². The third kappa shape index (κ3) is 5.41. The Bertz CT molecular complexity index is 1350. The number of amides is 5. The number of benzene rings is 3. The van der Waals surface area contributed by atoms with E-state index in [4.69, 9.17) is 4.74 Å². The van der Waals surface area contributed by atoms with Crippen LogP contribution in [-0.4, -0.2) is 30.4 Å². The number of rotatable bonds is 6. The van der Waals surface area contributed by atoms with Gasteiger partial charge in [0.05, 0.1) is 5.69 Å². The Balaban J connectivity index is 1.54. The van der Waals surface area contributed by atoms with Gasteiger partial charge in [-0.05, 0) is 61.0 Å². The van der Waals surface area contributed by atoms with Crippen molar-refractivity contribution < 1.29 is 28.3 Å². The molecular weight excluding hydrogens is 453 g/mol. The highest BCUT2D eigenvalue weighted by atomic mass is 19.1. The van der Waals surface area contributed by atoms with Crippen LogP contribution in [0.5, 0.6) is 5.75 Å². The molecule has 8 nitrogen and oxygen atoms in total. The minimum absolute atomic E-state index is 0.102. The fourth-order valence-corrected chi connectivity index (χ4v) is 3.43. The predicted molar refractivity (Wildman–Crippen MR) is 127 cm³/mol. The third-order valence-corrected chi connectivity index (χ3v) is 5.07. The molecule has 1 aliphatic rings. The van der Waals surface area contributed by atoms with Crippen molar-refractivity contribution in [3.05, 3.63) is 95.3 Å². The van der Waals surface area contributed by atoms with Gasteiger partial charge in [-0.15, -0.1) is 0 Å². The summed E-state index contributed by atoms with van der Waals surface area (Å²) in [6.07, 6.45) is 1.27. The Labute approximate surface area is 200 Å². The topological polar surface area (TPSA) is 105 Å². The second kappa shape index (κ2) is 10.0. The standard InChI is InChI=1S/C26H20FN3O5/c1-16-5-4-7-19(13-16)28-23(31)15-35-22-8-3-2-6-17(22)14-21-24(32)29-26(34)30(25(21)33)20-11-9-18(27)10-12-20/h2-14H,15H2,1H3,(H,28,31)(H,29,32,34)/b21-14+. The molecule has 1 saturated heterocycles. The van der Waals surface area contributed by atoms with Crippen molar-refractivity contribution in [3.8, 4) is 5.75 Å². The molecule has 3 aromatic rings. The van der Waals surface area contributed by atoms with E-state index in [1.165, 1.54) is 18.2 Å². The lowest BCUT2D eigenvalue weighted by Gasteiger charge is -2.26. The van der Waals surface area contributed by atoms with Crippen LogP contribution >= 0.6 is 0 Å². The van der Waals surface area contributed by atoms with Crippen molar-refractivity contribution in [3.63, 3.8) is 0 Å². The number of nitrogens with one attached hydrogen (secondary N) is 2. The van der Waals surface area contributed by atoms with Gasteiger partial charge in [0.2, 0.25) is 0 Å². The maximum atomic E-state index is 13.3. The van der Waals surface area contributed by atoms with Gasteiger partial charge in [-0.25, -0.2) is 14.1 Å². The molecule has 4 rings (SSSR count). The first-order chi connectivity index (χ1) is 16.8. The average molecular weight is 473 g/mol. The lowest BCUT2D eigenvalue weighted by molar-refractivity contribution is -0.122. The maximum absolute atomic E-state index is 13.3. The van der Waals surface area contributed by atoms with Crippen molar-refractivity contribution in [2.24, 2.45) is 0 Å². The molecule has 0 bridgehead atoms. The summed E-state index contributed by atoms with van der Waals surface area (Å²) in [5.41, 5.74) is 1.75. The molecule has 35 heavy (non-hydrogen) atoms. The molecule has 1 fully saturated rings. The normalized spacial score (nSPS) is 14.6. The summed E-state index contributed by atoms with van der Waals surface area (Å²) in [6, 6.07) is 17.6. The van der Waals surface area contributed by atoms with Crippen molar-refractivity contribution in [2.75, 3.05) is 16.8 Å². The number of anilines is 2. The molecule has 2 N–H and O–H groups in total. The Hall–Kier alpha value is -4.79. The van der Waals surface area contributed by atoms with Crippen LogP contribution in [0.1, 0.15) is 11.1 Å². The number of nitrogens with zero attached hydrogens (tertiary/aromatic N) is 1. The SMILES string of the molecule is Cc1cccc(NC(=O)COc2ccccc2/C=C2\C(=O)NC(=O)N(c3ccc(F)cc3)C2=O)c1. The fraction of sp³-hybridized carbons (Fsp3) is 0.0769. The van der Waals surface area contributed by atoms with Gasteiger partial charge in [0.25, 0.3) is 17.7 Å². The van der Waals surface area contributed by atoms with E-state index in [9.17, 15) is 23.6 Å². The lowest BCUT2D eigenvalue weighted by Crippen LogP contribution is -2.54. The van der Waals surface area contributed by atoms with Crippen LogP contribution in [0.2, 0.25) is 0 Å². The van der Waals surface area contributed by atoms with E-state index < -0.39 is 29.6 Å². The summed E-state index contributed by atoms with van der Waals surface area (Å²) in [7, 11) is 0. The van der Waals surface area contributed by atoms with Gasteiger partial charge in [-0.2, -0.15) is 0 Å². The molecule has 3 aromatic carbocycles. The van der Waals surface area contributed by atoms with E-state index in [0.717, 1.165) is 22.6 Å². The molecule has 0 saturated carbocycles. The molecule has 0 spiro atoms. The van der Waals surface area contributed by atoms with Gasteiger partial charge in [-0.3, -0.25) is 19.7 Å². The number of imide groups is 2. The highest BCUT2D eigenvalue weighted by molar-refractivity contribution is 6.39. The van der Waals surface area contributed by atoms with Crippen LogP contribution in [0.4, 0.5) is 20.6 Å². The number of urea groups is 1. The number of para-hydroxylation sites is 1. The quantitative estimate of drug-likeness (QED) is 0.418. The highest BCUT2D eigenvalue weighted by Crippen LogP contribution is 2.25. The van der Waals surface area contributed by atoms with E-state index in [1.54, 1.807) is 30.3 Å². The molecule has 0 unspecified atom stereocenters. The monoisotopic (exact) mass is 473 g/mol. The predicted octanol–water partition coefficient (Wildman–Crippen LogP) is 3.82. The van der Waals surface area contributed by atoms with Gasteiger partial charge >= 0.3 is 6.03 Å². The van der Waals surface area contributed by atoms with E-state index >= 15 is 0 Å². The summed E-state index contributed by atoms with van der Waals surface area (Å²) in [5, 5.41) is 4.84. The maximum Gasteiger partial charge on any atom is 0.335 e. The number of halogens is 1. The number of ether oxygens (including phenoxy) is 1. The first kappa shape index (κ1) is 23.4. The Kier molecular flexibility index (Phi) is 6.68. The summed E-state index contributed by atoms with van der Waals surface area (Å²) in [6.45, 7) is 1.60. The van der Waals surface area contributed by atoms with Gasteiger partial charge in [0, 0.05) is 11.3 Å². The molecule has 1 aliphatic heterocycles. The van der Waals surface area contributed by atoms with Crippen LogP contribution < -0.4 is 20.3 Å². The van der Waals surface area contributed by atoms with Gasteiger partial charge in [0.1, 0.15) is 17.1 Å². The second-order valence-electron chi connectivity index (χ2n) is 7.68. The van der Waals surface area contributed by atoms with Gasteiger partial charge in [0.15, 0.2) is 6.61 Å². The lowest BCUT2D eigenvalue weighted by atomic mass is 10.1.